The maximum Gasteiger partial charge on any atom is 0.436 e. The summed E-state index contributed by atoms with van der Waals surface area (Å²) in [6.07, 6.45) is 11.5. The fraction of sp³-hybridized carbons (Fsp3) is 0.718. The Labute approximate surface area is 292 Å². The molecule has 3 aliphatic carbocycles. The summed E-state index contributed by atoms with van der Waals surface area (Å²) in [7, 11) is -2.92. The Morgan fingerprint density at radius 1 is 1.04 bits per heavy atom. The highest BCUT2D eigenvalue weighted by atomic mass is 28.4. The van der Waals surface area contributed by atoms with Crippen molar-refractivity contribution in [3.8, 4) is 0 Å². The molecule has 0 unspecified atom stereocenters. The number of nitrogens with zero attached hydrogens (tertiary/aromatic N) is 1. The van der Waals surface area contributed by atoms with E-state index in [0.29, 0.717) is 12.3 Å². The predicted molar refractivity (Wildman–Crippen MR) is 200 cm³/mol. The van der Waals surface area contributed by atoms with E-state index >= 15 is 0 Å². The van der Waals surface area contributed by atoms with Gasteiger partial charge in [0.25, 0.3) is 0 Å². The van der Waals surface area contributed by atoms with Crippen molar-refractivity contribution in [3.05, 3.63) is 59.3 Å². The Morgan fingerprint density at radius 2 is 1.65 bits per heavy atom. The lowest BCUT2D eigenvalue weighted by molar-refractivity contribution is -0.0604. The van der Waals surface area contributed by atoms with E-state index in [1.165, 1.54) is 16.7 Å². The quantitative estimate of drug-likeness (QED) is 0.0982. The first-order chi connectivity index (χ1) is 21.8. The zero-order chi connectivity index (χ0) is 36.5. The standard InChI is InChI=1S/C39H64F3NO3Si2/c1-27(17-15-19-35(43-44-10)39(40,41)42)32-22-23-33-29(18-16-24-38(32,33)9)20-21-30-25-31(45-47(11,12)36(3,4)5)26-34(28(30)2)46-48(13,14)37(6,7)8/h15,19-22,27,31,33-34H,2,16-18,23-26H2,1,3-14H3/t27-,31-,33+,34+,38-/m1/s1. The van der Waals surface area contributed by atoms with E-state index in [-0.39, 0.29) is 33.6 Å². The minimum atomic E-state index is -4.55. The normalized spacial score (nSPS) is 29.1. The zero-order valence-electron chi connectivity index (χ0n) is 32.2. The van der Waals surface area contributed by atoms with E-state index in [2.05, 4.69) is 116 Å². The average Bonchev–Trinajstić information content (AvgIpc) is 3.29. The van der Waals surface area contributed by atoms with Gasteiger partial charge in [-0.3, -0.25) is 0 Å². The lowest BCUT2D eigenvalue weighted by atomic mass is 9.62. The van der Waals surface area contributed by atoms with E-state index in [9.17, 15) is 13.2 Å². The zero-order valence-corrected chi connectivity index (χ0v) is 34.2. The van der Waals surface area contributed by atoms with Crippen molar-refractivity contribution in [3.63, 3.8) is 0 Å². The van der Waals surface area contributed by atoms with Crippen molar-refractivity contribution in [1.29, 1.82) is 0 Å². The molecule has 48 heavy (non-hydrogen) atoms. The van der Waals surface area contributed by atoms with Crippen LogP contribution in [-0.2, 0) is 13.7 Å². The fourth-order valence-corrected chi connectivity index (χ4v) is 9.84. The van der Waals surface area contributed by atoms with E-state index in [1.807, 2.05) is 0 Å². The van der Waals surface area contributed by atoms with E-state index < -0.39 is 28.5 Å². The number of allylic oxidation sites excluding steroid dienone is 7. The molecule has 0 aliphatic heterocycles. The molecule has 0 heterocycles. The average molecular weight is 708 g/mol. The molecule has 9 heteroatoms. The second kappa shape index (κ2) is 14.9. The Hall–Kier alpha value is -1.69. The highest BCUT2D eigenvalue weighted by Crippen LogP contribution is 2.57. The molecule has 0 aromatic heterocycles. The number of oxime groups is 1. The predicted octanol–water partition coefficient (Wildman–Crippen LogP) is 12.3. The molecule has 0 bridgehead atoms. The molecule has 4 nitrogen and oxygen atoms in total. The summed E-state index contributed by atoms with van der Waals surface area (Å²) in [6.45, 7) is 32.1. The molecule has 272 valence electrons. The monoisotopic (exact) mass is 707 g/mol. The van der Waals surface area contributed by atoms with Gasteiger partial charge in [0.15, 0.2) is 22.3 Å². The van der Waals surface area contributed by atoms with Crippen LogP contribution in [-0.4, -0.2) is 47.8 Å². The summed E-state index contributed by atoms with van der Waals surface area (Å²) in [6, 6.07) is 0. The van der Waals surface area contributed by atoms with Gasteiger partial charge in [-0.25, -0.2) is 0 Å². The van der Waals surface area contributed by atoms with Gasteiger partial charge in [0.1, 0.15) is 7.11 Å². The van der Waals surface area contributed by atoms with Gasteiger partial charge in [-0.1, -0.05) is 103 Å². The third-order valence-corrected chi connectivity index (χ3v) is 21.1. The van der Waals surface area contributed by atoms with Gasteiger partial charge in [0.2, 0.25) is 0 Å². The SMILES string of the molecule is C=C1C(=CC=C2CCC[C@]3(C)C([C@H](C)CC=CC(=NOC)C(F)(F)F)=CC[C@@H]23)C[C@@H](O[Si](C)(C)C(C)(C)C)C[C@@H]1O[Si](C)(C)C(C)(C)C. The van der Waals surface area contributed by atoms with Crippen LogP contribution in [0.5, 0.6) is 0 Å². The second-order valence-corrected chi connectivity index (χ2v) is 27.2. The lowest BCUT2D eigenvalue weighted by Crippen LogP contribution is -2.49. The molecule has 2 fully saturated rings. The number of alkyl halides is 3. The number of halogens is 3. The van der Waals surface area contributed by atoms with Crippen LogP contribution < -0.4 is 0 Å². The molecule has 0 N–H and O–H groups in total. The Balaban J connectivity index is 1.87. The molecular formula is C39H64F3NO3Si2. The lowest BCUT2D eigenvalue weighted by Gasteiger charge is -2.45. The molecule has 0 amide bonds. The maximum absolute atomic E-state index is 13.3. The van der Waals surface area contributed by atoms with Crippen molar-refractivity contribution < 1.29 is 26.9 Å². The molecule has 3 rings (SSSR count). The van der Waals surface area contributed by atoms with Gasteiger partial charge in [0, 0.05) is 6.42 Å². The Morgan fingerprint density at radius 3 is 2.21 bits per heavy atom. The fourth-order valence-electron chi connectivity index (χ4n) is 7.17. The molecule has 0 saturated heterocycles. The van der Waals surface area contributed by atoms with Crippen LogP contribution in [0.3, 0.4) is 0 Å². The minimum absolute atomic E-state index is 0.00510. The number of hydrogen-bond donors (Lipinski definition) is 0. The molecule has 0 radical (unpaired) electrons. The number of rotatable bonds is 10. The number of hydrogen-bond acceptors (Lipinski definition) is 4. The van der Waals surface area contributed by atoms with Crippen molar-refractivity contribution >= 4 is 22.3 Å². The Bertz CT molecular complexity index is 1330. The summed E-state index contributed by atoms with van der Waals surface area (Å²) in [5.74, 6) is 0.520. The van der Waals surface area contributed by atoms with Gasteiger partial charge < -0.3 is 13.7 Å². The van der Waals surface area contributed by atoms with Crippen LogP contribution in [0.1, 0.15) is 100 Å². The molecule has 0 aromatic rings. The first-order valence-corrected chi connectivity index (χ1v) is 23.7. The van der Waals surface area contributed by atoms with E-state index in [0.717, 1.165) is 57.3 Å². The third kappa shape index (κ3) is 9.35. The molecule has 3 aliphatic rings. The van der Waals surface area contributed by atoms with Crippen molar-refractivity contribution in [2.24, 2.45) is 22.4 Å². The summed E-state index contributed by atoms with van der Waals surface area (Å²) >= 11 is 0. The van der Waals surface area contributed by atoms with Crippen LogP contribution in [0.2, 0.25) is 36.3 Å². The smallest absolute Gasteiger partial charge is 0.413 e. The van der Waals surface area contributed by atoms with Crippen molar-refractivity contribution in [1.82, 2.24) is 0 Å². The highest BCUT2D eigenvalue weighted by molar-refractivity contribution is 6.74. The number of fused-ring (bicyclic) bond motifs is 1. The third-order valence-electron chi connectivity index (χ3n) is 12.1. The topological polar surface area (TPSA) is 40.0 Å². The van der Waals surface area contributed by atoms with E-state index in [4.69, 9.17) is 8.85 Å². The van der Waals surface area contributed by atoms with Gasteiger partial charge in [-0.2, -0.15) is 13.2 Å². The molecule has 0 spiro atoms. The van der Waals surface area contributed by atoms with Gasteiger partial charge in [-0.05, 0) is 109 Å². The van der Waals surface area contributed by atoms with Crippen molar-refractivity contribution in [2.75, 3.05) is 7.11 Å². The largest absolute Gasteiger partial charge is 0.436 e. The summed E-state index contributed by atoms with van der Waals surface area (Å²) in [5, 5.41) is 3.38. The molecular weight excluding hydrogens is 644 g/mol. The Kier molecular flexibility index (Phi) is 12.6. The summed E-state index contributed by atoms with van der Waals surface area (Å²) in [4.78, 5) is 4.42. The highest BCUT2D eigenvalue weighted by Gasteiger charge is 2.47. The summed E-state index contributed by atoms with van der Waals surface area (Å²) < 4.78 is 53.9. The van der Waals surface area contributed by atoms with Crippen LogP contribution in [0.25, 0.3) is 0 Å². The summed E-state index contributed by atoms with van der Waals surface area (Å²) in [5.41, 5.74) is 4.12. The minimum Gasteiger partial charge on any atom is -0.413 e. The second-order valence-electron chi connectivity index (χ2n) is 17.7. The van der Waals surface area contributed by atoms with E-state index in [1.54, 1.807) is 6.08 Å². The van der Waals surface area contributed by atoms with Crippen molar-refractivity contribution in [2.45, 2.75) is 155 Å². The van der Waals surface area contributed by atoms with Gasteiger partial charge in [-0.15, -0.1) is 0 Å². The maximum atomic E-state index is 13.3. The van der Waals surface area contributed by atoms with Gasteiger partial charge >= 0.3 is 6.18 Å². The van der Waals surface area contributed by atoms with Gasteiger partial charge in [0.05, 0.1) is 12.2 Å². The molecule has 2 saturated carbocycles. The molecule has 5 atom stereocenters. The first kappa shape index (κ1) is 40.7. The van der Waals surface area contributed by atoms with Crippen LogP contribution >= 0.6 is 0 Å². The van der Waals surface area contributed by atoms with Crippen LogP contribution in [0, 0.1) is 17.3 Å². The first-order valence-electron chi connectivity index (χ1n) is 17.8. The van der Waals surface area contributed by atoms with Crippen LogP contribution in [0.15, 0.2) is 64.4 Å². The molecule has 0 aromatic carbocycles. The van der Waals surface area contributed by atoms with Crippen LogP contribution in [0.4, 0.5) is 13.2 Å².